The van der Waals surface area contributed by atoms with Crippen molar-refractivity contribution in [2.45, 2.75) is 39.9 Å². The zero-order valence-electron chi connectivity index (χ0n) is 15.1. The van der Waals surface area contributed by atoms with E-state index in [-0.39, 0.29) is 0 Å². The lowest BCUT2D eigenvalue weighted by atomic mass is 10.1. The predicted molar refractivity (Wildman–Crippen MR) is 96.3 cm³/mol. The Kier molecular flexibility index (Phi) is 6.22. The number of benzene rings is 1. The van der Waals surface area contributed by atoms with Crippen molar-refractivity contribution >= 4 is 12.0 Å². The van der Waals surface area contributed by atoms with E-state index in [0.717, 1.165) is 12.2 Å². The van der Waals surface area contributed by atoms with Crippen molar-refractivity contribution in [3.05, 3.63) is 58.9 Å². The van der Waals surface area contributed by atoms with Crippen LogP contribution >= 0.6 is 0 Å². The Bertz CT molecular complexity index is 752. The number of hydrogen-bond donors (Lipinski definition) is 2. The van der Waals surface area contributed by atoms with Crippen molar-refractivity contribution < 1.29 is 14.3 Å². The van der Waals surface area contributed by atoms with Crippen LogP contribution in [0.15, 0.2) is 36.5 Å². The Labute approximate surface area is 148 Å². The number of nitrogens with one attached hydrogen (secondary N) is 2. The molecule has 1 atom stereocenters. The van der Waals surface area contributed by atoms with Gasteiger partial charge < -0.3 is 19.9 Å². The summed E-state index contributed by atoms with van der Waals surface area (Å²) >= 11 is 0. The normalized spacial score (nSPS) is 11.7. The third kappa shape index (κ3) is 5.11. The number of rotatable bonds is 6. The first-order valence-corrected chi connectivity index (χ1v) is 8.23. The summed E-state index contributed by atoms with van der Waals surface area (Å²) in [6, 6.07) is 9.23. The van der Waals surface area contributed by atoms with Crippen molar-refractivity contribution in [3.8, 4) is 0 Å². The maximum Gasteiger partial charge on any atom is 0.328 e. The van der Waals surface area contributed by atoms with Gasteiger partial charge in [-0.1, -0.05) is 23.8 Å². The van der Waals surface area contributed by atoms with Gasteiger partial charge in [0.1, 0.15) is 6.04 Å². The van der Waals surface area contributed by atoms with Gasteiger partial charge in [0, 0.05) is 18.4 Å². The highest BCUT2D eigenvalue weighted by Gasteiger charge is 2.15. The van der Waals surface area contributed by atoms with E-state index in [1.54, 1.807) is 6.92 Å². The highest BCUT2D eigenvalue weighted by atomic mass is 16.5. The van der Waals surface area contributed by atoms with E-state index >= 15 is 0 Å². The van der Waals surface area contributed by atoms with E-state index < -0.39 is 18.0 Å². The van der Waals surface area contributed by atoms with Gasteiger partial charge in [0.15, 0.2) is 0 Å². The Hall–Kier alpha value is -2.76. The number of nitrogens with zero attached hydrogens (tertiary/aromatic N) is 1. The van der Waals surface area contributed by atoms with Gasteiger partial charge >= 0.3 is 12.0 Å². The summed E-state index contributed by atoms with van der Waals surface area (Å²) < 4.78 is 6.69. The average molecular weight is 343 g/mol. The maximum atomic E-state index is 11.9. The van der Waals surface area contributed by atoms with Gasteiger partial charge in [-0.15, -0.1) is 0 Å². The molecule has 1 aromatic carbocycles. The van der Waals surface area contributed by atoms with Crippen molar-refractivity contribution in [1.82, 2.24) is 15.2 Å². The summed E-state index contributed by atoms with van der Waals surface area (Å²) in [4.78, 5) is 23.2. The number of carbonyl (C=O) groups is 2. The van der Waals surface area contributed by atoms with Gasteiger partial charge in [-0.2, -0.15) is 0 Å². The third-order valence-corrected chi connectivity index (χ3v) is 4.10. The number of aromatic nitrogens is 1. The first kappa shape index (κ1) is 18.6. The monoisotopic (exact) mass is 343 g/mol. The number of esters is 1. The number of carbonyl (C=O) groups excluding carboxylic acids is 2. The summed E-state index contributed by atoms with van der Waals surface area (Å²) in [7, 11) is 1.29. The van der Waals surface area contributed by atoms with Crippen LogP contribution in [0.5, 0.6) is 0 Å². The molecule has 1 heterocycles. The van der Waals surface area contributed by atoms with E-state index in [4.69, 9.17) is 0 Å². The lowest BCUT2D eigenvalue weighted by molar-refractivity contribution is -0.142. The largest absolute Gasteiger partial charge is 0.467 e. The van der Waals surface area contributed by atoms with E-state index in [2.05, 4.69) is 52.0 Å². The molecule has 2 N–H and O–H groups in total. The number of ether oxygens (including phenoxy) is 1. The van der Waals surface area contributed by atoms with Crippen molar-refractivity contribution in [2.75, 3.05) is 7.11 Å². The smallest absolute Gasteiger partial charge is 0.328 e. The highest BCUT2D eigenvalue weighted by molar-refractivity contribution is 5.83. The third-order valence-electron chi connectivity index (χ3n) is 4.10. The molecule has 2 amide bonds. The van der Waals surface area contributed by atoms with E-state index in [1.165, 1.54) is 23.8 Å². The van der Waals surface area contributed by atoms with Crippen molar-refractivity contribution in [2.24, 2.45) is 0 Å². The van der Waals surface area contributed by atoms with Gasteiger partial charge in [-0.3, -0.25) is 0 Å². The zero-order valence-corrected chi connectivity index (χ0v) is 15.1. The molecule has 25 heavy (non-hydrogen) atoms. The zero-order chi connectivity index (χ0) is 18.4. The number of methoxy groups -OCH3 is 1. The number of aryl methyl sites for hydroxylation is 2. The molecule has 0 spiro atoms. The average Bonchev–Trinajstić information content (AvgIpc) is 3.02. The van der Waals surface area contributed by atoms with Gasteiger partial charge in [0.05, 0.1) is 13.7 Å². The highest BCUT2D eigenvalue weighted by Crippen LogP contribution is 2.14. The van der Waals surface area contributed by atoms with Crippen LogP contribution in [0.2, 0.25) is 0 Å². The first-order valence-electron chi connectivity index (χ1n) is 8.23. The van der Waals surface area contributed by atoms with Gasteiger partial charge in [-0.05, 0) is 44.0 Å². The molecule has 0 aliphatic heterocycles. The molecule has 0 saturated heterocycles. The van der Waals surface area contributed by atoms with Crippen LogP contribution in [0.25, 0.3) is 0 Å². The molecule has 134 valence electrons. The predicted octanol–water partition coefficient (Wildman–Crippen LogP) is 2.51. The second-order valence-electron chi connectivity index (χ2n) is 6.13. The molecule has 0 radical (unpaired) electrons. The molecule has 6 heteroatoms. The summed E-state index contributed by atoms with van der Waals surface area (Å²) in [6.07, 6.45) is 1.99. The van der Waals surface area contributed by atoms with Crippen LogP contribution < -0.4 is 10.6 Å². The van der Waals surface area contributed by atoms with Crippen LogP contribution in [-0.4, -0.2) is 29.7 Å². The minimum absolute atomic E-state index is 0.373. The number of hydrogen-bond acceptors (Lipinski definition) is 3. The van der Waals surface area contributed by atoms with Gasteiger partial charge in [0.25, 0.3) is 0 Å². The molecule has 0 bridgehead atoms. The molecule has 6 nitrogen and oxygen atoms in total. The van der Waals surface area contributed by atoms with Crippen molar-refractivity contribution in [3.63, 3.8) is 0 Å². The summed E-state index contributed by atoms with van der Waals surface area (Å²) in [5, 5.41) is 5.31. The minimum atomic E-state index is -0.688. The van der Waals surface area contributed by atoms with Crippen LogP contribution in [0.3, 0.4) is 0 Å². The fraction of sp³-hybridized carbons (Fsp3) is 0.368. The maximum absolute atomic E-state index is 11.9. The molecular weight excluding hydrogens is 318 g/mol. The van der Waals surface area contributed by atoms with Gasteiger partial charge in [0.2, 0.25) is 0 Å². The van der Waals surface area contributed by atoms with Gasteiger partial charge in [-0.25, -0.2) is 9.59 Å². The van der Waals surface area contributed by atoms with Crippen LogP contribution in [0, 0.1) is 13.8 Å². The SMILES string of the molecule is COC(=O)C(C)NC(=O)NCc1cccn1Cc1cc(C)ccc1C. The molecular formula is C19H25N3O3. The number of amides is 2. The topological polar surface area (TPSA) is 72.4 Å². The second-order valence-corrected chi connectivity index (χ2v) is 6.13. The van der Waals surface area contributed by atoms with E-state index in [1.807, 2.05) is 18.3 Å². The van der Waals surface area contributed by atoms with E-state index in [0.29, 0.717) is 6.54 Å². The van der Waals surface area contributed by atoms with Crippen LogP contribution in [-0.2, 0) is 22.6 Å². The lowest BCUT2D eigenvalue weighted by Gasteiger charge is -2.15. The molecule has 0 aliphatic carbocycles. The molecule has 2 rings (SSSR count). The fourth-order valence-electron chi connectivity index (χ4n) is 2.57. The van der Waals surface area contributed by atoms with E-state index in [9.17, 15) is 9.59 Å². The van der Waals surface area contributed by atoms with Crippen LogP contribution in [0.4, 0.5) is 4.79 Å². The minimum Gasteiger partial charge on any atom is -0.467 e. The Morgan fingerprint density at radius 2 is 2.00 bits per heavy atom. The second kappa shape index (κ2) is 8.37. The Balaban J connectivity index is 1.96. The van der Waals surface area contributed by atoms with Crippen molar-refractivity contribution in [1.29, 1.82) is 0 Å². The summed E-state index contributed by atoms with van der Waals surface area (Å²) in [5.41, 5.74) is 4.70. The fourth-order valence-corrected chi connectivity index (χ4v) is 2.57. The molecule has 1 aromatic heterocycles. The summed E-state index contributed by atoms with van der Waals surface area (Å²) in [6.45, 7) is 6.87. The first-order chi connectivity index (χ1) is 11.9. The number of urea groups is 1. The lowest BCUT2D eigenvalue weighted by Crippen LogP contribution is -2.44. The summed E-state index contributed by atoms with van der Waals surface area (Å²) in [5.74, 6) is -0.478. The standard InChI is InChI=1S/C19H25N3O3/c1-13-7-8-14(2)16(10-13)12-22-9-5-6-17(22)11-20-19(24)21-15(3)18(23)25-4/h5-10,15H,11-12H2,1-4H3,(H2,20,21,24). The molecule has 1 unspecified atom stereocenters. The molecule has 0 fully saturated rings. The molecule has 0 aliphatic rings. The van der Waals surface area contributed by atoms with Crippen LogP contribution in [0.1, 0.15) is 29.3 Å². The Morgan fingerprint density at radius 1 is 1.24 bits per heavy atom. The quantitative estimate of drug-likeness (QED) is 0.792. The molecule has 0 saturated carbocycles. The Morgan fingerprint density at radius 3 is 2.72 bits per heavy atom. The molecule has 2 aromatic rings.